The van der Waals surface area contributed by atoms with Gasteiger partial charge in [-0.1, -0.05) is 102 Å². The number of carbonyl (C=O) groups is 3. The van der Waals surface area contributed by atoms with Crippen molar-refractivity contribution in [3.8, 4) is 22.5 Å². The van der Waals surface area contributed by atoms with Gasteiger partial charge in [-0.15, -0.1) is 11.3 Å². The Labute approximate surface area is 282 Å². The van der Waals surface area contributed by atoms with E-state index in [2.05, 4.69) is 72.6 Å². The number of hydrogen-bond acceptors (Lipinski definition) is 6. The third-order valence-electron chi connectivity index (χ3n) is 8.08. The normalized spacial score (nSPS) is 12.7. The molecule has 4 rings (SSSR count). The van der Waals surface area contributed by atoms with Crippen LogP contribution in [0.3, 0.4) is 0 Å². The van der Waals surface area contributed by atoms with Gasteiger partial charge in [0, 0.05) is 34.8 Å². The van der Waals surface area contributed by atoms with E-state index in [1.807, 2.05) is 42.7 Å². The number of hydrogen-bond donors (Lipinski definition) is 3. The number of thiophene rings is 1. The van der Waals surface area contributed by atoms with Gasteiger partial charge in [-0.25, -0.2) is 9.97 Å². The van der Waals surface area contributed by atoms with Crippen LogP contribution in [-0.4, -0.2) is 44.9 Å². The first-order chi connectivity index (χ1) is 22.4. The number of carbonyl (C=O) groups excluding carboxylic acids is 2. The van der Waals surface area contributed by atoms with Gasteiger partial charge in [0.05, 0.1) is 4.88 Å². The van der Waals surface area contributed by atoms with Gasteiger partial charge in [0.15, 0.2) is 5.82 Å². The number of aromatic nitrogens is 2. The highest BCUT2D eigenvalue weighted by Gasteiger charge is 2.26. The van der Waals surface area contributed by atoms with E-state index in [0.29, 0.717) is 10.7 Å². The first-order valence-electron chi connectivity index (χ1n) is 16.4. The smallest absolute Gasteiger partial charge is 0.325 e. The molecule has 0 aliphatic heterocycles. The Morgan fingerprint density at radius 3 is 2.00 bits per heavy atom. The molecule has 0 bridgehead atoms. The molecule has 9 heteroatoms. The number of aryl methyl sites for hydroxylation is 1. The monoisotopic (exact) mass is 654 g/mol. The van der Waals surface area contributed by atoms with Crippen molar-refractivity contribution >= 4 is 29.1 Å². The molecule has 248 valence electrons. The third-order valence-corrected chi connectivity index (χ3v) is 9.59. The SMILES string of the molecule is CCCCCCCc1ccc(-c2cnc(-c3ccc(C[C@H](NC(=O)c4ccc(C(C)(C)C)s4)C(=O)N[C@H](C)C(=O)O)cc3)nc2)cc1. The summed E-state index contributed by atoms with van der Waals surface area (Å²) < 4.78 is 0. The summed E-state index contributed by atoms with van der Waals surface area (Å²) in [6, 6.07) is 17.7. The minimum Gasteiger partial charge on any atom is -0.480 e. The Morgan fingerprint density at radius 1 is 0.787 bits per heavy atom. The number of unbranched alkanes of at least 4 members (excludes halogenated alkanes) is 4. The van der Waals surface area contributed by atoms with E-state index in [4.69, 9.17) is 0 Å². The Hall–Kier alpha value is -4.37. The highest BCUT2D eigenvalue weighted by Crippen LogP contribution is 2.29. The third kappa shape index (κ3) is 10.3. The van der Waals surface area contributed by atoms with E-state index in [0.717, 1.165) is 33.6 Å². The topological polar surface area (TPSA) is 121 Å². The second-order valence-electron chi connectivity index (χ2n) is 13.1. The second-order valence-corrected chi connectivity index (χ2v) is 14.1. The Morgan fingerprint density at radius 2 is 1.40 bits per heavy atom. The number of amides is 2. The molecule has 4 aromatic rings. The number of benzene rings is 2. The van der Waals surface area contributed by atoms with Gasteiger partial charge in [-0.3, -0.25) is 14.4 Å². The van der Waals surface area contributed by atoms with Crippen molar-refractivity contribution in [1.82, 2.24) is 20.6 Å². The molecule has 2 atom stereocenters. The molecule has 2 aromatic heterocycles. The van der Waals surface area contributed by atoms with Crippen LogP contribution in [-0.2, 0) is 27.8 Å². The van der Waals surface area contributed by atoms with Gasteiger partial charge >= 0.3 is 5.97 Å². The van der Waals surface area contributed by atoms with Crippen LogP contribution in [0.4, 0.5) is 0 Å². The number of nitrogens with one attached hydrogen (secondary N) is 2. The molecule has 8 nitrogen and oxygen atoms in total. The van der Waals surface area contributed by atoms with Crippen LogP contribution >= 0.6 is 11.3 Å². The summed E-state index contributed by atoms with van der Waals surface area (Å²) in [5, 5.41) is 14.6. The highest BCUT2D eigenvalue weighted by atomic mass is 32.1. The van der Waals surface area contributed by atoms with Gasteiger partial charge in [-0.05, 0) is 54.0 Å². The van der Waals surface area contributed by atoms with E-state index >= 15 is 0 Å². The minimum absolute atomic E-state index is 0.110. The molecule has 2 amide bonds. The van der Waals surface area contributed by atoms with Crippen molar-refractivity contribution in [1.29, 1.82) is 0 Å². The second kappa shape index (κ2) is 16.5. The first kappa shape index (κ1) is 35.5. The Balaban J connectivity index is 1.42. The summed E-state index contributed by atoms with van der Waals surface area (Å²) in [5.74, 6) is -1.52. The number of nitrogens with zero attached hydrogens (tertiary/aromatic N) is 2. The zero-order valence-corrected chi connectivity index (χ0v) is 28.8. The zero-order chi connectivity index (χ0) is 34.0. The van der Waals surface area contributed by atoms with E-state index in [-0.39, 0.29) is 17.7 Å². The van der Waals surface area contributed by atoms with Crippen molar-refractivity contribution in [2.45, 2.75) is 97.1 Å². The maximum absolute atomic E-state index is 13.2. The average Bonchev–Trinajstić information content (AvgIpc) is 3.57. The predicted molar refractivity (Wildman–Crippen MR) is 189 cm³/mol. The fourth-order valence-electron chi connectivity index (χ4n) is 5.13. The van der Waals surface area contributed by atoms with E-state index < -0.39 is 24.0 Å². The first-order valence-corrected chi connectivity index (χ1v) is 17.2. The number of rotatable bonds is 15. The van der Waals surface area contributed by atoms with Gasteiger partial charge in [0.1, 0.15) is 12.1 Å². The Bertz CT molecular complexity index is 1620. The molecule has 3 N–H and O–H groups in total. The highest BCUT2D eigenvalue weighted by molar-refractivity contribution is 7.14. The lowest BCUT2D eigenvalue weighted by atomic mass is 9.95. The largest absolute Gasteiger partial charge is 0.480 e. The van der Waals surface area contributed by atoms with Gasteiger partial charge in [0.2, 0.25) is 5.91 Å². The molecular weight excluding hydrogens is 609 g/mol. The Kier molecular flexibility index (Phi) is 12.4. The van der Waals surface area contributed by atoms with Crippen LogP contribution in [0.1, 0.15) is 92.4 Å². The molecular formula is C38H46N4O4S. The summed E-state index contributed by atoms with van der Waals surface area (Å²) in [6.07, 6.45) is 11.3. The summed E-state index contributed by atoms with van der Waals surface area (Å²) in [4.78, 5) is 48.4. The minimum atomic E-state index is -1.16. The molecule has 0 saturated heterocycles. The van der Waals surface area contributed by atoms with Crippen LogP contribution in [0.15, 0.2) is 73.1 Å². The van der Waals surface area contributed by atoms with Crippen molar-refractivity contribution in [3.05, 3.63) is 93.9 Å². The molecule has 0 fully saturated rings. The molecule has 0 unspecified atom stereocenters. The van der Waals surface area contributed by atoms with Crippen molar-refractivity contribution in [3.63, 3.8) is 0 Å². The maximum Gasteiger partial charge on any atom is 0.325 e. The average molecular weight is 655 g/mol. The van der Waals surface area contributed by atoms with Crippen LogP contribution in [0.25, 0.3) is 22.5 Å². The molecule has 0 spiro atoms. The van der Waals surface area contributed by atoms with Crippen LogP contribution in [0.2, 0.25) is 0 Å². The lowest BCUT2D eigenvalue weighted by Crippen LogP contribution is -2.51. The van der Waals surface area contributed by atoms with Crippen molar-refractivity contribution < 1.29 is 19.5 Å². The molecule has 2 heterocycles. The standard InChI is InChI=1S/C38H46N4O4S/c1-6-7-8-9-10-11-26-12-16-28(17-13-26)30-23-39-34(40-24-30)29-18-14-27(15-19-29)22-31(35(43)41-25(2)37(45)46)42-36(44)32-20-21-33(47-32)38(3,4)5/h12-21,23-25,31H,6-11,22H2,1-5H3,(H,41,43)(H,42,44)(H,45,46)/t25-,31+/m1/s1. The van der Waals surface area contributed by atoms with Crippen molar-refractivity contribution in [2.24, 2.45) is 0 Å². The number of carboxylic acids is 1. The summed E-state index contributed by atoms with van der Waals surface area (Å²) in [6.45, 7) is 9.84. The van der Waals surface area contributed by atoms with Crippen LogP contribution in [0, 0.1) is 0 Å². The zero-order valence-electron chi connectivity index (χ0n) is 28.0. The summed E-state index contributed by atoms with van der Waals surface area (Å²) in [7, 11) is 0. The summed E-state index contributed by atoms with van der Waals surface area (Å²) >= 11 is 1.38. The fourth-order valence-corrected chi connectivity index (χ4v) is 6.09. The van der Waals surface area contributed by atoms with E-state index in [9.17, 15) is 19.5 Å². The van der Waals surface area contributed by atoms with Crippen molar-refractivity contribution in [2.75, 3.05) is 0 Å². The van der Waals surface area contributed by atoms with Gasteiger partial charge in [0.25, 0.3) is 5.91 Å². The van der Waals surface area contributed by atoms with Gasteiger partial charge < -0.3 is 15.7 Å². The number of aliphatic carboxylic acids is 1. The van der Waals surface area contributed by atoms with Crippen LogP contribution < -0.4 is 10.6 Å². The van der Waals surface area contributed by atoms with Gasteiger partial charge in [-0.2, -0.15) is 0 Å². The molecule has 0 radical (unpaired) electrons. The quantitative estimate of drug-likeness (QED) is 0.114. The molecule has 0 saturated carbocycles. The van der Waals surface area contributed by atoms with E-state index in [1.54, 1.807) is 6.07 Å². The lowest BCUT2D eigenvalue weighted by molar-refractivity contribution is -0.141. The molecule has 0 aliphatic rings. The maximum atomic E-state index is 13.2. The fraction of sp³-hybridized carbons (Fsp3) is 0.395. The summed E-state index contributed by atoms with van der Waals surface area (Å²) in [5.41, 5.74) is 4.86. The number of carboxylic acid groups (broad SMARTS) is 1. The molecule has 0 aliphatic carbocycles. The molecule has 2 aromatic carbocycles. The van der Waals surface area contributed by atoms with Crippen LogP contribution in [0.5, 0.6) is 0 Å². The lowest BCUT2D eigenvalue weighted by Gasteiger charge is -2.20. The molecule has 47 heavy (non-hydrogen) atoms. The predicted octanol–water partition coefficient (Wildman–Crippen LogP) is 7.61. The van der Waals surface area contributed by atoms with E-state index in [1.165, 1.54) is 55.9 Å².